The number of hydrogen-bond donors (Lipinski definition) is 2. The number of hydrogen-bond acceptors (Lipinski definition) is 3. The number of carbonyl (C=O) groups excluding carboxylic acids is 2. The van der Waals surface area contributed by atoms with E-state index in [2.05, 4.69) is 122 Å². The van der Waals surface area contributed by atoms with Crippen LogP contribution in [0.2, 0.25) is 0 Å². The lowest BCUT2D eigenvalue weighted by molar-refractivity contribution is -0.125. The Morgan fingerprint density at radius 3 is 1.60 bits per heavy atom. The van der Waals surface area contributed by atoms with E-state index in [4.69, 9.17) is 4.74 Å². The van der Waals surface area contributed by atoms with Crippen molar-refractivity contribution in [3.05, 3.63) is 96.6 Å². The number of benzene rings is 3. The summed E-state index contributed by atoms with van der Waals surface area (Å²) in [6.07, 6.45) is 1.08. The zero-order valence-electron chi connectivity index (χ0n) is 26.4. The molecule has 0 radical (unpaired) electrons. The molecule has 2 amide bonds. The molecular formula is C35H48BrN2O3P. The Balaban J connectivity index is 0.00000616. The summed E-state index contributed by atoms with van der Waals surface area (Å²) in [5, 5.41) is 8.86. The minimum atomic E-state index is -2.07. The minimum absolute atomic E-state index is 0. The second kappa shape index (κ2) is 15.2. The first-order valence-corrected chi connectivity index (χ1v) is 16.7. The molecular weight excluding hydrogens is 607 g/mol. The first kappa shape index (κ1) is 35.5. The third kappa shape index (κ3) is 9.95. The normalized spacial score (nSPS) is 13.5. The van der Waals surface area contributed by atoms with Crippen molar-refractivity contribution in [3.63, 3.8) is 0 Å². The zero-order chi connectivity index (χ0) is 30.3. The van der Waals surface area contributed by atoms with Crippen molar-refractivity contribution in [3.8, 4) is 0 Å². The molecule has 0 spiro atoms. The van der Waals surface area contributed by atoms with E-state index in [0.717, 1.165) is 12.3 Å². The van der Waals surface area contributed by atoms with E-state index in [1.165, 1.54) is 16.2 Å². The Bertz CT molecular complexity index is 1220. The standard InChI is InChI=1S/C35H47N2O3P.BrH/c1-26(2)31(37-33(39)40-35(6,7)8)32(38)36-30(34(3,4)5)25-41(28-20-14-10-15-21-28,29-22-16-11-17-23-29)24-27-18-12-9-13-19-27;/h9-23,26,30-31H,24-25H2,1-8H3,(H-,36,37,38,39);1H/t30-,31?;/m1./s1. The fraction of sp³-hybridized carbons (Fsp3) is 0.429. The molecule has 0 aliphatic heterocycles. The van der Waals surface area contributed by atoms with E-state index in [1.807, 2.05) is 34.6 Å². The van der Waals surface area contributed by atoms with Gasteiger partial charge in [0.2, 0.25) is 5.91 Å². The summed E-state index contributed by atoms with van der Waals surface area (Å²) in [5.41, 5.74) is 0.386. The van der Waals surface area contributed by atoms with Gasteiger partial charge in [-0.25, -0.2) is 4.79 Å². The van der Waals surface area contributed by atoms with E-state index in [1.54, 1.807) is 0 Å². The smallest absolute Gasteiger partial charge is 0.408 e. The third-order valence-corrected chi connectivity index (χ3v) is 11.7. The summed E-state index contributed by atoms with van der Waals surface area (Å²) in [6, 6.07) is 31.3. The van der Waals surface area contributed by atoms with Crippen molar-refractivity contribution in [2.45, 2.75) is 79.2 Å². The van der Waals surface area contributed by atoms with Crippen LogP contribution in [-0.2, 0) is 15.7 Å². The van der Waals surface area contributed by atoms with Crippen LogP contribution in [0.3, 0.4) is 0 Å². The maximum Gasteiger partial charge on any atom is 0.408 e. The number of halogens is 1. The molecule has 0 bridgehead atoms. The highest BCUT2D eigenvalue weighted by Gasteiger charge is 2.48. The minimum Gasteiger partial charge on any atom is -1.00 e. The zero-order valence-corrected chi connectivity index (χ0v) is 28.8. The second-order valence-electron chi connectivity index (χ2n) is 13.3. The predicted molar refractivity (Wildman–Crippen MR) is 173 cm³/mol. The molecule has 7 heteroatoms. The first-order valence-electron chi connectivity index (χ1n) is 14.5. The average Bonchev–Trinajstić information content (AvgIpc) is 2.90. The lowest BCUT2D eigenvalue weighted by Gasteiger charge is -2.38. The number of carbonyl (C=O) groups is 2. The van der Waals surface area contributed by atoms with Gasteiger partial charge in [-0.05, 0) is 61.9 Å². The molecule has 0 aromatic heterocycles. The van der Waals surface area contributed by atoms with Gasteiger partial charge in [0, 0.05) is 0 Å². The number of ether oxygens (including phenoxy) is 1. The Kier molecular flexibility index (Phi) is 12.8. The van der Waals surface area contributed by atoms with Crippen LogP contribution in [0.15, 0.2) is 91.0 Å². The summed E-state index contributed by atoms with van der Waals surface area (Å²) < 4.78 is 5.48. The SMILES string of the molecule is CC(C)C(NC(=O)OC(C)(C)C)C(=O)N[C@H](C[P+](Cc1ccccc1)(c1ccccc1)c1ccccc1)C(C)(C)C.[Br-]. The number of amides is 2. The van der Waals surface area contributed by atoms with Gasteiger partial charge in [-0.2, -0.15) is 0 Å². The van der Waals surface area contributed by atoms with Gasteiger partial charge < -0.3 is 32.4 Å². The van der Waals surface area contributed by atoms with Gasteiger partial charge in [0.1, 0.15) is 11.6 Å². The summed E-state index contributed by atoms with van der Waals surface area (Å²) >= 11 is 0. The maximum absolute atomic E-state index is 13.9. The van der Waals surface area contributed by atoms with E-state index in [-0.39, 0.29) is 40.3 Å². The molecule has 2 N–H and O–H groups in total. The lowest BCUT2D eigenvalue weighted by atomic mass is 9.87. The van der Waals surface area contributed by atoms with Crippen LogP contribution < -0.4 is 38.2 Å². The summed E-state index contributed by atoms with van der Waals surface area (Å²) in [4.78, 5) is 26.5. The van der Waals surface area contributed by atoms with Gasteiger partial charge >= 0.3 is 6.09 Å². The largest absolute Gasteiger partial charge is 1.00 e. The Hall–Kier alpha value is -2.69. The van der Waals surface area contributed by atoms with Crippen molar-refractivity contribution >= 4 is 29.9 Å². The molecule has 2 atom stereocenters. The Labute approximate surface area is 264 Å². The molecule has 3 rings (SSSR count). The third-order valence-electron chi connectivity index (χ3n) is 7.27. The summed E-state index contributed by atoms with van der Waals surface area (Å²) in [7, 11) is -2.07. The molecule has 0 heterocycles. The van der Waals surface area contributed by atoms with Gasteiger partial charge in [-0.15, -0.1) is 0 Å². The fourth-order valence-corrected chi connectivity index (χ4v) is 9.80. The van der Waals surface area contributed by atoms with E-state index >= 15 is 0 Å². The topological polar surface area (TPSA) is 67.4 Å². The highest BCUT2D eigenvalue weighted by Crippen LogP contribution is 2.60. The molecule has 3 aromatic rings. The summed E-state index contributed by atoms with van der Waals surface area (Å²) in [6.45, 7) is 15.9. The molecule has 1 unspecified atom stereocenters. The summed E-state index contributed by atoms with van der Waals surface area (Å²) in [5.74, 6) is -0.306. The molecule has 0 saturated carbocycles. The molecule has 0 fully saturated rings. The first-order chi connectivity index (χ1) is 19.2. The van der Waals surface area contributed by atoms with Gasteiger partial charge in [-0.1, -0.05) is 101 Å². The van der Waals surface area contributed by atoms with Crippen LogP contribution in [0, 0.1) is 11.3 Å². The van der Waals surface area contributed by atoms with Gasteiger partial charge in [-0.3, -0.25) is 4.79 Å². The van der Waals surface area contributed by atoms with Gasteiger partial charge in [0.05, 0.1) is 36.2 Å². The van der Waals surface area contributed by atoms with E-state index < -0.39 is 25.0 Å². The quantitative estimate of drug-likeness (QED) is 0.326. The van der Waals surface area contributed by atoms with Crippen molar-refractivity contribution in [1.29, 1.82) is 0 Å². The molecule has 3 aromatic carbocycles. The van der Waals surface area contributed by atoms with E-state index in [0.29, 0.717) is 0 Å². The van der Waals surface area contributed by atoms with Crippen LogP contribution in [0.25, 0.3) is 0 Å². The van der Waals surface area contributed by atoms with Crippen molar-refractivity contribution < 1.29 is 31.3 Å². The van der Waals surface area contributed by atoms with Crippen LogP contribution >= 0.6 is 7.26 Å². The van der Waals surface area contributed by atoms with Crippen LogP contribution in [0.5, 0.6) is 0 Å². The number of nitrogens with one attached hydrogen (secondary N) is 2. The molecule has 0 aliphatic rings. The molecule has 0 aliphatic carbocycles. The Morgan fingerprint density at radius 2 is 1.19 bits per heavy atom. The van der Waals surface area contributed by atoms with E-state index in [9.17, 15) is 9.59 Å². The maximum atomic E-state index is 13.9. The van der Waals surface area contributed by atoms with Crippen LogP contribution in [0.1, 0.15) is 61.0 Å². The predicted octanol–water partition coefficient (Wildman–Crippen LogP) is 3.94. The second-order valence-corrected chi connectivity index (χ2v) is 16.9. The molecule has 0 saturated heterocycles. The average molecular weight is 656 g/mol. The number of alkyl carbamates (subject to hydrolysis) is 1. The monoisotopic (exact) mass is 654 g/mol. The van der Waals surface area contributed by atoms with Crippen molar-refractivity contribution in [1.82, 2.24) is 10.6 Å². The van der Waals surface area contributed by atoms with Crippen LogP contribution in [-0.4, -0.2) is 35.8 Å². The lowest BCUT2D eigenvalue weighted by Crippen LogP contribution is -3.00. The van der Waals surface area contributed by atoms with Crippen molar-refractivity contribution in [2.24, 2.45) is 11.3 Å². The van der Waals surface area contributed by atoms with Gasteiger partial charge in [0.15, 0.2) is 0 Å². The number of rotatable bonds is 10. The van der Waals surface area contributed by atoms with Crippen molar-refractivity contribution in [2.75, 3.05) is 6.16 Å². The fourth-order valence-electron chi connectivity index (χ4n) is 5.01. The molecule has 5 nitrogen and oxygen atoms in total. The molecule has 42 heavy (non-hydrogen) atoms. The highest BCUT2D eigenvalue weighted by molar-refractivity contribution is 7.88. The Morgan fingerprint density at radius 1 is 0.738 bits per heavy atom. The van der Waals surface area contributed by atoms with Gasteiger partial charge in [0.25, 0.3) is 0 Å². The molecule has 228 valence electrons. The highest BCUT2D eigenvalue weighted by atomic mass is 79.9. The van der Waals surface area contributed by atoms with Crippen LogP contribution in [0.4, 0.5) is 4.79 Å².